The van der Waals surface area contributed by atoms with Crippen molar-refractivity contribution in [3.8, 4) is 0 Å². The first-order valence-electron chi connectivity index (χ1n) is 4.58. The number of rotatable bonds is 0. The summed E-state index contributed by atoms with van der Waals surface area (Å²) in [6.45, 7) is 2.98. The minimum absolute atomic E-state index is 0.292. The SMILES string of the molecule is Cc1c(Br)cn2c1C(=O)CCCC2. The van der Waals surface area contributed by atoms with Crippen LogP contribution >= 0.6 is 15.9 Å². The number of carbonyl (C=O) groups excluding carboxylic acids is 1. The Morgan fingerprint density at radius 3 is 3.00 bits per heavy atom. The number of aryl methyl sites for hydroxylation is 1. The number of carbonyl (C=O) groups is 1. The van der Waals surface area contributed by atoms with Crippen molar-refractivity contribution in [2.45, 2.75) is 32.7 Å². The number of hydrogen-bond acceptors (Lipinski definition) is 1. The summed E-state index contributed by atoms with van der Waals surface area (Å²) in [5.41, 5.74) is 2.00. The van der Waals surface area contributed by atoms with E-state index in [9.17, 15) is 4.79 Å². The number of aromatic nitrogens is 1. The quantitative estimate of drug-likeness (QED) is 0.685. The fourth-order valence-corrected chi connectivity index (χ4v) is 2.29. The van der Waals surface area contributed by atoms with E-state index in [2.05, 4.69) is 20.5 Å². The smallest absolute Gasteiger partial charge is 0.179 e. The molecule has 0 fully saturated rings. The van der Waals surface area contributed by atoms with Crippen molar-refractivity contribution in [1.82, 2.24) is 4.57 Å². The third kappa shape index (κ3) is 1.46. The fraction of sp³-hybridized carbons (Fsp3) is 0.500. The second kappa shape index (κ2) is 3.29. The summed E-state index contributed by atoms with van der Waals surface area (Å²) in [6.07, 6.45) is 4.86. The summed E-state index contributed by atoms with van der Waals surface area (Å²) in [5.74, 6) is 0.292. The van der Waals surface area contributed by atoms with Crippen molar-refractivity contribution in [3.63, 3.8) is 0 Å². The molecule has 1 aromatic rings. The molecule has 70 valence electrons. The van der Waals surface area contributed by atoms with Gasteiger partial charge in [-0.05, 0) is 41.3 Å². The molecule has 0 radical (unpaired) electrons. The summed E-state index contributed by atoms with van der Waals surface area (Å²) < 4.78 is 3.13. The number of hydrogen-bond donors (Lipinski definition) is 0. The van der Waals surface area contributed by atoms with Crippen LogP contribution in [-0.2, 0) is 6.54 Å². The van der Waals surface area contributed by atoms with Crippen LogP contribution in [0.15, 0.2) is 10.7 Å². The van der Waals surface area contributed by atoms with Crippen LogP contribution in [0.5, 0.6) is 0 Å². The molecule has 2 rings (SSSR count). The average Bonchev–Trinajstić information content (AvgIpc) is 2.29. The zero-order valence-corrected chi connectivity index (χ0v) is 9.23. The Kier molecular flexibility index (Phi) is 2.28. The van der Waals surface area contributed by atoms with Gasteiger partial charge in [-0.3, -0.25) is 4.79 Å². The molecular weight excluding hydrogens is 230 g/mol. The number of fused-ring (bicyclic) bond motifs is 1. The predicted octanol–water partition coefficient (Wildman–Crippen LogP) is 2.93. The molecule has 0 saturated carbocycles. The second-order valence-corrected chi connectivity index (χ2v) is 4.38. The molecule has 0 amide bonds. The summed E-state index contributed by atoms with van der Waals surface area (Å²) in [6, 6.07) is 0. The maximum absolute atomic E-state index is 11.7. The third-order valence-corrected chi connectivity index (χ3v) is 3.39. The molecule has 0 aliphatic carbocycles. The molecular formula is C10H12BrNO. The molecule has 0 N–H and O–H groups in total. The van der Waals surface area contributed by atoms with Gasteiger partial charge in [-0.2, -0.15) is 0 Å². The lowest BCUT2D eigenvalue weighted by Gasteiger charge is -2.02. The second-order valence-electron chi connectivity index (χ2n) is 3.52. The highest BCUT2D eigenvalue weighted by atomic mass is 79.9. The highest BCUT2D eigenvalue weighted by molar-refractivity contribution is 9.10. The first kappa shape index (κ1) is 9.00. The van der Waals surface area contributed by atoms with Crippen LogP contribution in [0.2, 0.25) is 0 Å². The standard InChI is InChI=1S/C10H12BrNO/c1-7-8(11)6-12-5-3-2-4-9(13)10(7)12/h6H,2-5H2,1H3. The Morgan fingerprint density at radius 2 is 2.23 bits per heavy atom. The predicted molar refractivity (Wildman–Crippen MR) is 55.1 cm³/mol. The Hall–Kier alpha value is -0.570. The van der Waals surface area contributed by atoms with Gasteiger partial charge >= 0.3 is 0 Å². The van der Waals surface area contributed by atoms with Gasteiger partial charge in [0, 0.05) is 23.6 Å². The molecule has 2 nitrogen and oxygen atoms in total. The van der Waals surface area contributed by atoms with E-state index in [0.29, 0.717) is 12.2 Å². The van der Waals surface area contributed by atoms with Gasteiger partial charge in [-0.1, -0.05) is 0 Å². The minimum Gasteiger partial charge on any atom is -0.344 e. The van der Waals surface area contributed by atoms with Crippen LogP contribution in [0.4, 0.5) is 0 Å². The Balaban J connectivity index is 2.54. The van der Waals surface area contributed by atoms with Gasteiger partial charge in [0.1, 0.15) is 0 Å². The van der Waals surface area contributed by atoms with E-state index < -0.39 is 0 Å². The van der Waals surface area contributed by atoms with Gasteiger partial charge in [0.15, 0.2) is 5.78 Å². The van der Waals surface area contributed by atoms with Crippen molar-refractivity contribution in [2.24, 2.45) is 0 Å². The number of Topliss-reactive ketones (excluding diaryl/α,β-unsaturated/α-hetero) is 1. The molecule has 0 saturated heterocycles. The summed E-state index contributed by atoms with van der Waals surface area (Å²) in [7, 11) is 0. The summed E-state index contributed by atoms with van der Waals surface area (Å²) >= 11 is 3.46. The van der Waals surface area contributed by atoms with E-state index in [1.807, 2.05) is 13.1 Å². The van der Waals surface area contributed by atoms with Gasteiger partial charge in [0.2, 0.25) is 0 Å². The zero-order valence-electron chi connectivity index (χ0n) is 7.64. The molecule has 13 heavy (non-hydrogen) atoms. The molecule has 1 aliphatic heterocycles. The third-order valence-electron chi connectivity index (χ3n) is 2.59. The van der Waals surface area contributed by atoms with E-state index in [1.165, 1.54) is 0 Å². The molecule has 0 bridgehead atoms. The van der Waals surface area contributed by atoms with Crippen molar-refractivity contribution in [1.29, 1.82) is 0 Å². The molecule has 0 aromatic carbocycles. The number of nitrogens with zero attached hydrogens (tertiary/aromatic N) is 1. The van der Waals surface area contributed by atoms with Crippen LogP contribution < -0.4 is 0 Å². The molecule has 0 spiro atoms. The highest BCUT2D eigenvalue weighted by Crippen LogP contribution is 2.26. The molecule has 2 heterocycles. The van der Waals surface area contributed by atoms with Crippen molar-refractivity contribution < 1.29 is 4.79 Å². The van der Waals surface area contributed by atoms with Crippen molar-refractivity contribution in [3.05, 3.63) is 21.9 Å². The molecule has 0 atom stereocenters. The average molecular weight is 242 g/mol. The van der Waals surface area contributed by atoms with E-state index in [-0.39, 0.29) is 0 Å². The van der Waals surface area contributed by atoms with Gasteiger partial charge in [0.25, 0.3) is 0 Å². The lowest BCUT2D eigenvalue weighted by atomic mass is 10.1. The zero-order chi connectivity index (χ0) is 9.42. The number of ketones is 1. The van der Waals surface area contributed by atoms with Crippen LogP contribution in [0.25, 0.3) is 0 Å². The minimum atomic E-state index is 0.292. The Bertz CT molecular complexity index is 354. The van der Waals surface area contributed by atoms with Crippen molar-refractivity contribution >= 4 is 21.7 Å². The maximum Gasteiger partial charge on any atom is 0.179 e. The van der Waals surface area contributed by atoms with Crippen LogP contribution in [0.1, 0.15) is 35.3 Å². The Labute approximate surface area is 86.1 Å². The highest BCUT2D eigenvalue weighted by Gasteiger charge is 2.19. The first-order valence-corrected chi connectivity index (χ1v) is 5.38. The van der Waals surface area contributed by atoms with E-state index >= 15 is 0 Å². The van der Waals surface area contributed by atoms with Gasteiger partial charge in [0.05, 0.1) is 5.69 Å². The lowest BCUT2D eigenvalue weighted by molar-refractivity contribution is 0.0976. The normalized spacial score (nSPS) is 16.9. The summed E-state index contributed by atoms with van der Waals surface area (Å²) in [5, 5.41) is 0. The van der Waals surface area contributed by atoms with Crippen LogP contribution in [-0.4, -0.2) is 10.4 Å². The first-order chi connectivity index (χ1) is 6.20. The molecule has 3 heteroatoms. The van der Waals surface area contributed by atoms with Gasteiger partial charge in [-0.25, -0.2) is 0 Å². The van der Waals surface area contributed by atoms with Crippen LogP contribution in [0, 0.1) is 6.92 Å². The molecule has 1 aliphatic rings. The monoisotopic (exact) mass is 241 g/mol. The maximum atomic E-state index is 11.7. The topological polar surface area (TPSA) is 22.0 Å². The van der Waals surface area contributed by atoms with E-state index in [0.717, 1.165) is 35.1 Å². The van der Waals surface area contributed by atoms with Crippen molar-refractivity contribution in [2.75, 3.05) is 0 Å². The van der Waals surface area contributed by atoms with E-state index in [1.54, 1.807) is 0 Å². The Morgan fingerprint density at radius 1 is 1.46 bits per heavy atom. The van der Waals surface area contributed by atoms with E-state index in [4.69, 9.17) is 0 Å². The summed E-state index contributed by atoms with van der Waals surface area (Å²) in [4.78, 5) is 11.7. The lowest BCUT2D eigenvalue weighted by Crippen LogP contribution is -2.05. The van der Waals surface area contributed by atoms with Crippen LogP contribution in [0.3, 0.4) is 0 Å². The molecule has 0 unspecified atom stereocenters. The number of halogens is 1. The molecule has 1 aromatic heterocycles. The largest absolute Gasteiger partial charge is 0.344 e. The van der Waals surface area contributed by atoms with Gasteiger partial charge in [-0.15, -0.1) is 0 Å². The fourth-order valence-electron chi connectivity index (χ4n) is 1.86. The van der Waals surface area contributed by atoms with Gasteiger partial charge < -0.3 is 4.57 Å².